The molecule has 0 heterocycles. The number of rotatable bonds is 4. The second kappa shape index (κ2) is 5.21. The summed E-state index contributed by atoms with van der Waals surface area (Å²) in [5, 5.41) is 0. The van der Waals surface area contributed by atoms with Crippen molar-refractivity contribution in [1.82, 2.24) is 0 Å². The number of carbonyl (C=O) groups is 1. The van der Waals surface area contributed by atoms with Crippen LogP contribution >= 0.6 is 15.9 Å². The molecule has 0 aromatic heterocycles. The molecule has 1 aromatic rings. The van der Waals surface area contributed by atoms with Gasteiger partial charge < -0.3 is 4.74 Å². The lowest BCUT2D eigenvalue weighted by molar-refractivity contribution is 0.0798. The molecule has 1 aromatic carbocycles. The Labute approximate surface area is 94.4 Å². The van der Waals surface area contributed by atoms with Crippen molar-refractivity contribution in [3.63, 3.8) is 0 Å². The molecule has 15 heavy (non-hydrogen) atoms. The van der Waals surface area contributed by atoms with Crippen molar-refractivity contribution in [2.24, 2.45) is 0 Å². The minimum atomic E-state index is -2.56. The van der Waals surface area contributed by atoms with Gasteiger partial charge in [-0.15, -0.1) is 0 Å². The van der Waals surface area contributed by atoms with Gasteiger partial charge in [-0.2, -0.15) is 0 Å². The molecule has 0 amide bonds. The van der Waals surface area contributed by atoms with E-state index < -0.39 is 13.0 Å². The number of ketones is 1. The van der Waals surface area contributed by atoms with E-state index in [4.69, 9.17) is 4.74 Å². The molecule has 0 bridgehead atoms. The van der Waals surface area contributed by atoms with Crippen molar-refractivity contribution in [3.8, 4) is 5.75 Å². The lowest BCUT2D eigenvalue weighted by Crippen LogP contribution is -2.10. The Morgan fingerprint density at radius 2 is 2.20 bits per heavy atom. The van der Waals surface area contributed by atoms with Gasteiger partial charge in [0, 0.05) is 0 Å². The Hall–Kier alpha value is -0.970. The second-order valence-corrected chi connectivity index (χ2v) is 3.73. The molecule has 82 valence electrons. The summed E-state index contributed by atoms with van der Waals surface area (Å²) in [6, 6.07) is 4.82. The van der Waals surface area contributed by atoms with Crippen LogP contribution in [-0.2, 0) is 0 Å². The summed E-state index contributed by atoms with van der Waals surface area (Å²) < 4.78 is 29.3. The number of benzene rings is 1. The van der Waals surface area contributed by atoms with Crippen LogP contribution in [0.15, 0.2) is 22.7 Å². The minimum Gasteiger partial charge on any atom is -0.486 e. The normalized spacial score (nSPS) is 10.5. The zero-order valence-corrected chi connectivity index (χ0v) is 9.55. The Morgan fingerprint density at radius 3 is 2.73 bits per heavy atom. The average molecular weight is 279 g/mol. The topological polar surface area (TPSA) is 26.3 Å². The van der Waals surface area contributed by atoms with Gasteiger partial charge >= 0.3 is 0 Å². The predicted molar refractivity (Wildman–Crippen MR) is 55.6 cm³/mol. The van der Waals surface area contributed by atoms with Crippen LogP contribution in [0.3, 0.4) is 0 Å². The van der Waals surface area contributed by atoms with E-state index in [1.165, 1.54) is 13.0 Å². The maximum absolute atomic E-state index is 12.0. The third-order valence-electron chi connectivity index (χ3n) is 1.70. The molecule has 2 nitrogen and oxygen atoms in total. The van der Waals surface area contributed by atoms with Gasteiger partial charge in [-0.25, -0.2) is 8.78 Å². The third kappa shape index (κ3) is 3.27. The highest BCUT2D eigenvalue weighted by Crippen LogP contribution is 2.29. The standard InChI is InChI=1S/C10H9BrF2O2/c1-6(14)7-3-2-4-8(11)10(7)15-5-9(12)13/h2-4,9H,5H2,1H3. The van der Waals surface area contributed by atoms with Gasteiger partial charge in [0.25, 0.3) is 6.43 Å². The van der Waals surface area contributed by atoms with Gasteiger partial charge in [0.2, 0.25) is 0 Å². The number of carbonyl (C=O) groups excluding carboxylic acids is 1. The first-order valence-electron chi connectivity index (χ1n) is 4.22. The molecule has 0 saturated carbocycles. The summed E-state index contributed by atoms with van der Waals surface area (Å²) in [4.78, 5) is 11.2. The first-order chi connectivity index (χ1) is 7.02. The van der Waals surface area contributed by atoms with Crippen LogP contribution in [0.25, 0.3) is 0 Å². The number of hydrogen-bond donors (Lipinski definition) is 0. The van der Waals surface area contributed by atoms with Crippen molar-refractivity contribution in [2.75, 3.05) is 6.61 Å². The zero-order chi connectivity index (χ0) is 11.4. The number of alkyl halides is 2. The fraction of sp³-hybridized carbons (Fsp3) is 0.300. The van der Waals surface area contributed by atoms with Gasteiger partial charge in [0.1, 0.15) is 12.4 Å². The van der Waals surface area contributed by atoms with E-state index in [-0.39, 0.29) is 11.5 Å². The van der Waals surface area contributed by atoms with Crippen molar-refractivity contribution < 1.29 is 18.3 Å². The molecule has 0 aliphatic heterocycles. The maximum Gasteiger partial charge on any atom is 0.272 e. The van der Waals surface area contributed by atoms with Gasteiger partial charge in [0.05, 0.1) is 10.0 Å². The van der Waals surface area contributed by atoms with Crippen LogP contribution in [0, 0.1) is 0 Å². The monoisotopic (exact) mass is 278 g/mol. The largest absolute Gasteiger partial charge is 0.486 e. The molecule has 5 heteroatoms. The van der Waals surface area contributed by atoms with E-state index in [1.54, 1.807) is 12.1 Å². The third-order valence-corrected chi connectivity index (χ3v) is 2.32. The Bertz CT molecular complexity index is 366. The van der Waals surface area contributed by atoms with Gasteiger partial charge in [-0.1, -0.05) is 6.07 Å². The zero-order valence-electron chi connectivity index (χ0n) is 7.97. The van der Waals surface area contributed by atoms with E-state index in [9.17, 15) is 13.6 Å². The predicted octanol–water partition coefficient (Wildman–Crippen LogP) is 3.30. The summed E-state index contributed by atoms with van der Waals surface area (Å²) in [5.41, 5.74) is 0.296. The maximum atomic E-state index is 12.0. The van der Waals surface area contributed by atoms with Crippen LogP contribution < -0.4 is 4.74 Å². The van der Waals surface area contributed by atoms with Crippen molar-refractivity contribution in [1.29, 1.82) is 0 Å². The summed E-state index contributed by atoms with van der Waals surface area (Å²) in [5.74, 6) is -0.0501. The Morgan fingerprint density at radius 1 is 1.53 bits per heavy atom. The molecule has 0 atom stereocenters. The lowest BCUT2D eigenvalue weighted by atomic mass is 10.1. The highest BCUT2D eigenvalue weighted by Gasteiger charge is 2.13. The van der Waals surface area contributed by atoms with E-state index in [1.807, 2.05) is 0 Å². The number of halogens is 3. The fourth-order valence-electron chi connectivity index (χ4n) is 1.08. The number of para-hydroxylation sites is 1. The summed E-state index contributed by atoms with van der Waals surface area (Å²) in [6.45, 7) is 0.639. The SMILES string of the molecule is CC(=O)c1cccc(Br)c1OCC(F)F. The molecule has 0 aliphatic rings. The molecular formula is C10H9BrF2O2. The molecule has 0 saturated heterocycles. The smallest absolute Gasteiger partial charge is 0.272 e. The highest BCUT2D eigenvalue weighted by molar-refractivity contribution is 9.10. The first-order valence-corrected chi connectivity index (χ1v) is 5.02. The summed E-state index contributed by atoms with van der Waals surface area (Å²) in [7, 11) is 0. The van der Waals surface area contributed by atoms with Gasteiger partial charge in [-0.05, 0) is 35.0 Å². The van der Waals surface area contributed by atoms with E-state index in [0.717, 1.165) is 0 Å². The van der Waals surface area contributed by atoms with E-state index >= 15 is 0 Å². The summed E-state index contributed by atoms with van der Waals surface area (Å²) in [6.07, 6.45) is -2.56. The number of Topliss-reactive ketones (excluding diaryl/α,β-unsaturated/α-hetero) is 1. The lowest BCUT2D eigenvalue weighted by Gasteiger charge is -2.10. The average Bonchev–Trinajstić information content (AvgIpc) is 2.15. The molecule has 0 fully saturated rings. The van der Waals surface area contributed by atoms with Crippen molar-refractivity contribution in [2.45, 2.75) is 13.3 Å². The Kier molecular flexibility index (Phi) is 4.20. The Balaban J connectivity index is 2.97. The van der Waals surface area contributed by atoms with Crippen LogP contribution in [0.1, 0.15) is 17.3 Å². The highest BCUT2D eigenvalue weighted by atomic mass is 79.9. The molecular weight excluding hydrogens is 270 g/mol. The fourth-order valence-corrected chi connectivity index (χ4v) is 1.56. The molecule has 0 radical (unpaired) electrons. The molecule has 0 unspecified atom stereocenters. The van der Waals surface area contributed by atoms with Crippen LogP contribution in [0.4, 0.5) is 8.78 Å². The molecule has 0 aliphatic carbocycles. The minimum absolute atomic E-state index is 0.172. The molecule has 0 N–H and O–H groups in total. The number of hydrogen-bond acceptors (Lipinski definition) is 2. The van der Waals surface area contributed by atoms with Gasteiger partial charge in [-0.3, -0.25) is 4.79 Å². The van der Waals surface area contributed by atoms with Gasteiger partial charge in [0.15, 0.2) is 5.78 Å². The van der Waals surface area contributed by atoms with E-state index in [0.29, 0.717) is 10.0 Å². The quantitative estimate of drug-likeness (QED) is 0.790. The van der Waals surface area contributed by atoms with Crippen LogP contribution in [-0.4, -0.2) is 18.8 Å². The second-order valence-electron chi connectivity index (χ2n) is 2.87. The first kappa shape index (κ1) is 12.1. The van der Waals surface area contributed by atoms with E-state index in [2.05, 4.69) is 15.9 Å². The number of ether oxygens (including phenoxy) is 1. The molecule has 0 spiro atoms. The van der Waals surface area contributed by atoms with Crippen molar-refractivity contribution in [3.05, 3.63) is 28.2 Å². The summed E-state index contributed by atoms with van der Waals surface area (Å²) >= 11 is 3.14. The van der Waals surface area contributed by atoms with Crippen LogP contribution in [0.5, 0.6) is 5.75 Å². The van der Waals surface area contributed by atoms with Crippen LogP contribution in [0.2, 0.25) is 0 Å². The molecule has 1 rings (SSSR count). The van der Waals surface area contributed by atoms with Crippen molar-refractivity contribution >= 4 is 21.7 Å².